The topological polar surface area (TPSA) is 63.7 Å². The molecule has 0 unspecified atom stereocenters. The number of hydrogen-bond donors (Lipinski definition) is 0. The minimum absolute atomic E-state index is 0.145. The Kier molecular flexibility index (Phi) is 4.52. The van der Waals surface area contributed by atoms with Crippen LogP contribution in [0.3, 0.4) is 0 Å². The minimum atomic E-state index is -0.515. The molecule has 138 valence electrons. The molecule has 1 saturated carbocycles. The monoisotopic (exact) mass is 363 g/mol. The molecule has 2 aromatic rings. The van der Waals surface area contributed by atoms with Crippen molar-refractivity contribution in [2.24, 2.45) is 11.8 Å². The number of rotatable bonds is 3. The maximum atomic E-state index is 12.7. The molecule has 1 saturated heterocycles. The lowest BCUT2D eigenvalue weighted by Gasteiger charge is -2.19. The second kappa shape index (κ2) is 6.99. The van der Waals surface area contributed by atoms with Gasteiger partial charge in [0.25, 0.3) is 0 Å². The maximum Gasteiger partial charge on any atom is 0.343 e. The van der Waals surface area contributed by atoms with E-state index in [0.717, 1.165) is 31.2 Å². The number of amides is 2. The summed E-state index contributed by atoms with van der Waals surface area (Å²) in [6, 6.07) is 13.8. The predicted octanol–water partition coefficient (Wildman–Crippen LogP) is 3.89. The van der Waals surface area contributed by atoms with E-state index in [9.17, 15) is 14.4 Å². The van der Waals surface area contributed by atoms with Crippen LogP contribution >= 0.6 is 0 Å². The van der Waals surface area contributed by atoms with Crippen molar-refractivity contribution in [3.05, 3.63) is 59.7 Å². The molecule has 1 heterocycles. The molecule has 1 aliphatic carbocycles. The molecule has 0 spiro atoms. The van der Waals surface area contributed by atoms with Crippen LogP contribution in [0.5, 0.6) is 5.75 Å². The highest BCUT2D eigenvalue weighted by atomic mass is 16.5. The molecular weight excluding hydrogens is 342 g/mol. The number of fused-ring (bicyclic) bond motifs is 1. The fourth-order valence-corrected chi connectivity index (χ4v) is 4.03. The third-order valence-electron chi connectivity index (χ3n) is 5.38. The molecule has 0 aromatic heterocycles. The predicted molar refractivity (Wildman–Crippen MR) is 101 cm³/mol. The molecule has 5 nitrogen and oxygen atoms in total. The second-order valence-corrected chi connectivity index (χ2v) is 7.27. The summed E-state index contributed by atoms with van der Waals surface area (Å²) in [5.74, 6) is -0.769. The summed E-state index contributed by atoms with van der Waals surface area (Å²) < 4.78 is 5.42. The molecule has 1 aliphatic heterocycles. The summed E-state index contributed by atoms with van der Waals surface area (Å²) in [6.07, 6.45) is 3.50. The van der Waals surface area contributed by atoms with Crippen LogP contribution in [0.15, 0.2) is 48.5 Å². The first kappa shape index (κ1) is 17.5. The number of imide groups is 1. The Hall–Kier alpha value is -2.95. The van der Waals surface area contributed by atoms with Crippen LogP contribution in [0.4, 0.5) is 5.69 Å². The summed E-state index contributed by atoms with van der Waals surface area (Å²) >= 11 is 0. The number of carbonyl (C=O) groups excluding carboxylic acids is 3. The Morgan fingerprint density at radius 3 is 2.30 bits per heavy atom. The minimum Gasteiger partial charge on any atom is -0.423 e. The van der Waals surface area contributed by atoms with Gasteiger partial charge >= 0.3 is 5.97 Å². The number of anilines is 1. The van der Waals surface area contributed by atoms with Gasteiger partial charge in [-0.05, 0) is 55.7 Å². The lowest BCUT2D eigenvalue weighted by atomic mass is 9.81. The first-order valence-electron chi connectivity index (χ1n) is 9.31. The molecule has 0 radical (unpaired) electrons. The number of esters is 1. The molecule has 2 aromatic carbocycles. The second-order valence-electron chi connectivity index (χ2n) is 7.27. The van der Waals surface area contributed by atoms with Gasteiger partial charge in [-0.25, -0.2) is 4.79 Å². The fourth-order valence-electron chi connectivity index (χ4n) is 4.03. The van der Waals surface area contributed by atoms with E-state index in [1.807, 2.05) is 19.1 Å². The maximum absolute atomic E-state index is 12.7. The standard InChI is InChI=1S/C22H21NO4/c1-14-6-4-9-17(12-14)27-22(26)15-7-5-8-16(13-15)23-20(24)18-10-2-3-11-19(18)21(23)25/h4-9,12-13,18-19H,2-3,10-11H2,1H3/t18-,19-/m1/s1. The fraction of sp³-hybridized carbons (Fsp3) is 0.318. The van der Waals surface area contributed by atoms with E-state index in [2.05, 4.69) is 0 Å². The van der Waals surface area contributed by atoms with Crippen LogP contribution in [0.25, 0.3) is 0 Å². The molecule has 2 atom stereocenters. The van der Waals surface area contributed by atoms with Gasteiger partial charge in [-0.3, -0.25) is 14.5 Å². The van der Waals surface area contributed by atoms with Crippen LogP contribution in [0.1, 0.15) is 41.6 Å². The Labute approximate surface area is 157 Å². The molecule has 2 aliphatic rings. The summed E-state index contributed by atoms with van der Waals surface area (Å²) in [5, 5.41) is 0. The van der Waals surface area contributed by atoms with Gasteiger partial charge in [0.2, 0.25) is 11.8 Å². The Morgan fingerprint density at radius 1 is 0.963 bits per heavy atom. The van der Waals surface area contributed by atoms with Crippen molar-refractivity contribution in [2.75, 3.05) is 4.90 Å². The SMILES string of the molecule is Cc1cccc(OC(=O)c2cccc(N3C(=O)[C@@H]4CCCC[C@H]4C3=O)c2)c1. The van der Waals surface area contributed by atoms with E-state index in [1.165, 1.54) is 4.90 Å². The van der Waals surface area contributed by atoms with Crippen molar-refractivity contribution in [1.82, 2.24) is 0 Å². The molecule has 4 rings (SSSR count). The highest BCUT2D eigenvalue weighted by Gasteiger charge is 2.48. The van der Waals surface area contributed by atoms with Crippen LogP contribution in [-0.4, -0.2) is 17.8 Å². The van der Waals surface area contributed by atoms with Crippen LogP contribution in [0.2, 0.25) is 0 Å². The van der Waals surface area contributed by atoms with Crippen LogP contribution < -0.4 is 9.64 Å². The lowest BCUT2D eigenvalue weighted by Crippen LogP contribution is -2.31. The first-order chi connectivity index (χ1) is 13.0. The smallest absolute Gasteiger partial charge is 0.343 e. The molecular formula is C22H21NO4. The van der Waals surface area contributed by atoms with E-state index in [4.69, 9.17) is 4.74 Å². The summed E-state index contributed by atoms with van der Waals surface area (Å²) in [4.78, 5) is 39.2. The average Bonchev–Trinajstić information content (AvgIpc) is 2.93. The molecule has 2 amide bonds. The zero-order valence-electron chi connectivity index (χ0n) is 15.2. The molecule has 0 N–H and O–H groups in total. The van der Waals surface area contributed by atoms with Gasteiger partial charge in [0.05, 0.1) is 23.1 Å². The van der Waals surface area contributed by atoms with Crippen molar-refractivity contribution >= 4 is 23.5 Å². The van der Waals surface area contributed by atoms with E-state index >= 15 is 0 Å². The van der Waals surface area contributed by atoms with Gasteiger partial charge in [-0.15, -0.1) is 0 Å². The molecule has 0 bridgehead atoms. The van der Waals surface area contributed by atoms with Gasteiger partial charge < -0.3 is 4.74 Å². The Balaban J connectivity index is 1.58. The first-order valence-corrected chi connectivity index (χ1v) is 9.31. The van der Waals surface area contributed by atoms with Crippen molar-refractivity contribution in [3.63, 3.8) is 0 Å². The summed E-state index contributed by atoms with van der Waals surface area (Å²) in [5.41, 5.74) is 1.74. The zero-order valence-corrected chi connectivity index (χ0v) is 15.2. The summed E-state index contributed by atoms with van der Waals surface area (Å²) in [6.45, 7) is 1.92. The van der Waals surface area contributed by atoms with Crippen molar-refractivity contribution in [1.29, 1.82) is 0 Å². The van der Waals surface area contributed by atoms with Gasteiger partial charge in [0.1, 0.15) is 5.75 Å². The van der Waals surface area contributed by atoms with Crippen LogP contribution in [-0.2, 0) is 9.59 Å². The van der Waals surface area contributed by atoms with Gasteiger partial charge in [-0.2, -0.15) is 0 Å². The number of carbonyl (C=O) groups is 3. The molecule has 27 heavy (non-hydrogen) atoms. The highest BCUT2D eigenvalue weighted by molar-refractivity contribution is 6.22. The van der Waals surface area contributed by atoms with Gasteiger partial charge in [-0.1, -0.05) is 31.0 Å². The Bertz CT molecular complexity index is 896. The van der Waals surface area contributed by atoms with E-state index in [-0.39, 0.29) is 23.7 Å². The highest BCUT2D eigenvalue weighted by Crippen LogP contribution is 2.40. The lowest BCUT2D eigenvalue weighted by molar-refractivity contribution is -0.122. The molecule has 2 fully saturated rings. The zero-order chi connectivity index (χ0) is 19.0. The van der Waals surface area contributed by atoms with Crippen molar-refractivity contribution in [3.8, 4) is 5.75 Å². The number of hydrogen-bond acceptors (Lipinski definition) is 4. The van der Waals surface area contributed by atoms with Crippen LogP contribution in [0, 0.1) is 18.8 Å². The van der Waals surface area contributed by atoms with Gasteiger partial charge in [0.15, 0.2) is 0 Å². The van der Waals surface area contributed by atoms with Crippen molar-refractivity contribution in [2.45, 2.75) is 32.6 Å². The number of benzene rings is 2. The van der Waals surface area contributed by atoms with E-state index in [1.54, 1.807) is 36.4 Å². The molecule has 5 heteroatoms. The number of ether oxygens (including phenoxy) is 1. The number of nitrogens with zero attached hydrogens (tertiary/aromatic N) is 1. The average molecular weight is 363 g/mol. The largest absolute Gasteiger partial charge is 0.423 e. The number of aryl methyl sites for hydroxylation is 1. The van der Waals surface area contributed by atoms with Crippen molar-refractivity contribution < 1.29 is 19.1 Å². The Morgan fingerprint density at radius 2 is 1.63 bits per heavy atom. The third-order valence-corrected chi connectivity index (χ3v) is 5.38. The summed E-state index contributed by atoms with van der Waals surface area (Å²) in [7, 11) is 0. The van der Waals surface area contributed by atoms with E-state index < -0.39 is 5.97 Å². The normalized spacial score (nSPS) is 21.9. The quantitative estimate of drug-likeness (QED) is 0.471. The van der Waals surface area contributed by atoms with E-state index in [0.29, 0.717) is 17.0 Å². The third kappa shape index (κ3) is 3.25. The van der Waals surface area contributed by atoms with Gasteiger partial charge in [0, 0.05) is 0 Å².